The molecule has 3 saturated carbocycles. The number of esters is 1. The van der Waals surface area contributed by atoms with E-state index in [9.17, 15) is 24.3 Å². The molecule has 3 fully saturated rings. The van der Waals surface area contributed by atoms with E-state index in [0.29, 0.717) is 32.1 Å². The summed E-state index contributed by atoms with van der Waals surface area (Å²) in [5.41, 5.74) is -2.44. The van der Waals surface area contributed by atoms with Crippen LogP contribution in [-0.2, 0) is 28.6 Å². The van der Waals surface area contributed by atoms with Crippen LogP contribution in [0.5, 0.6) is 0 Å². The number of ether oxygens (including phenoxy) is 3. The number of ketones is 2. The highest BCUT2D eigenvalue weighted by molar-refractivity contribution is 6.26. The third-order valence-corrected chi connectivity index (χ3v) is 10.9. The molecule has 0 saturated heterocycles. The molecule has 0 amide bonds. The van der Waals surface area contributed by atoms with Crippen molar-refractivity contribution in [1.82, 2.24) is 0 Å². The first-order chi connectivity index (χ1) is 18.4. The predicted molar refractivity (Wildman–Crippen MR) is 144 cm³/mol. The average molecular weight is 565 g/mol. The van der Waals surface area contributed by atoms with Crippen molar-refractivity contribution in [3.63, 3.8) is 0 Å². The first-order valence-electron chi connectivity index (χ1n) is 14.3. The van der Waals surface area contributed by atoms with Gasteiger partial charge in [0.25, 0.3) is 0 Å². The van der Waals surface area contributed by atoms with Crippen LogP contribution in [0.25, 0.3) is 0 Å². The van der Waals surface area contributed by atoms with Gasteiger partial charge in [-0.25, -0.2) is 4.79 Å². The molecule has 216 valence electrons. The summed E-state index contributed by atoms with van der Waals surface area (Å²) < 4.78 is 16.5. The van der Waals surface area contributed by atoms with Crippen LogP contribution >= 0.6 is 11.6 Å². The highest BCUT2D eigenvalue weighted by Crippen LogP contribution is 2.71. The lowest BCUT2D eigenvalue weighted by molar-refractivity contribution is -0.182. The molecule has 0 spiro atoms. The Morgan fingerprint density at radius 2 is 1.85 bits per heavy atom. The number of halogens is 1. The first-order valence-corrected chi connectivity index (χ1v) is 14.6. The largest absolute Gasteiger partial charge is 0.509 e. The predicted octanol–water partition coefficient (Wildman–Crippen LogP) is 5.23. The zero-order valence-corrected chi connectivity index (χ0v) is 24.2. The van der Waals surface area contributed by atoms with E-state index in [2.05, 4.69) is 0 Å². The normalized spacial score (nSPS) is 38.7. The third-order valence-electron chi connectivity index (χ3n) is 10.0. The summed E-state index contributed by atoms with van der Waals surface area (Å²) in [6.45, 7) is 7.30. The number of aliphatic hydroxyl groups excluding tert-OH is 1. The fraction of sp³-hybridized carbons (Fsp3) is 0.733. The van der Waals surface area contributed by atoms with Crippen LogP contribution in [-0.4, -0.2) is 58.6 Å². The molecule has 1 unspecified atom stereocenters. The maximum atomic E-state index is 13.9. The van der Waals surface area contributed by atoms with Crippen molar-refractivity contribution in [1.29, 1.82) is 0 Å². The number of allylic oxidation sites excluding steroid dienone is 4. The van der Waals surface area contributed by atoms with Gasteiger partial charge in [-0.15, -0.1) is 11.6 Å². The van der Waals surface area contributed by atoms with Crippen LogP contribution in [0.2, 0.25) is 0 Å². The molecule has 4 rings (SSSR count). The molecule has 0 bridgehead atoms. The maximum Gasteiger partial charge on any atom is 0.509 e. The molecule has 4 aliphatic carbocycles. The molecule has 0 aromatic carbocycles. The third kappa shape index (κ3) is 4.65. The van der Waals surface area contributed by atoms with Crippen molar-refractivity contribution < 1.29 is 38.5 Å². The average Bonchev–Trinajstić information content (AvgIpc) is 3.16. The summed E-state index contributed by atoms with van der Waals surface area (Å²) in [4.78, 5) is 49.9. The smallest absolute Gasteiger partial charge is 0.457 e. The Labute approximate surface area is 235 Å². The molecule has 0 aromatic rings. The minimum Gasteiger partial charge on any atom is -0.457 e. The number of hydrogen-bond acceptors (Lipinski definition) is 8. The second-order valence-electron chi connectivity index (χ2n) is 12.0. The number of fused-ring (bicyclic) bond motifs is 5. The molecule has 0 aromatic heterocycles. The van der Waals surface area contributed by atoms with Gasteiger partial charge < -0.3 is 19.3 Å². The highest BCUT2D eigenvalue weighted by Gasteiger charge is 2.74. The van der Waals surface area contributed by atoms with Gasteiger partial charge in [0.1, 0.15) is 0 Å². The van der Waals surface area contributed by atoms with Gasteiger partial charge in [0.2, 0.25) is 5.78 Å². The van der Waals surface area contributed by atoms with E-state index in [0.717, 1.165) is 12.0 Å². The van der Waals surface area contributed by atoms with Gasteiger partial charge >= 0.3 is 12.1 Å². The summed E-state index contributed by atoms with van der Waals surface area (Å²) in [5, 5.41) is 11.8. The van der Waals surface area contributed by atoms with Gasteiger partial charge in [-0.1, -0.05) is 45.8 Å². The number of aliphatic hydroxyl groups is 1. The second-order valence-corrected chi connectivity index (χ2v) is 12.6. The van der Waals surface area contributed by atoms with E-state index in [4.69, 9.17) is 25.8 Å². The number of carbonyl (C=O) groups excluding carboxylic acids is 4. The molecule has 0 heterocycles. The summed E-state index contributed by atoms with van der Waals surface area (Å²) >= 11 is 7.48. The summed E-state index contributed by atoms with van der Waals surface area (Å²) in [5.74, 6) is -1.47. The number of unbranched alkanes of at least 4 members (excludes halogenated alkanes) is 1. The summed E-state index contributed by atoms with van der Waals surface area (Å²) in [6.07, 6.45) is 7.31. The standard InChI is InChI=1S/C30H41ClO8/c1-5-7-15-37-26(36)39-29(24(34)18-38-25(35)8-6-2)14-12-21-22-10-9-19-16-20(32)11-13-27(19,3)30(22,31)23(33)17-28(21,29)4/h11,13,16,21-23,33H,5-10,12,14-15,17-18H2,1-4H3/t21-,22-,23?,27-,28-,29-,30-/m0/s1. The lowest BCUT2D eigenvalue weighted by atomic mass is 9.45. The molecule has 1 N–H and O–H groups in total. The number of carbonyl (C=O) groups is 4. The van der Waals surface area contributed by atoms with Gasteiger partial charge in [0, 0.05) is 17.3 Å². The molecule has 0 radical (unpaired) electrons. The zero-order valence-electron chi connectivity index (χ0n) is 23.4. The van der Waals surface area contributed by atoms with E-state index in [1.54, 1.807) is 6.08 Å². The van der Waals surface area contributed by atoms with Crippen molar-refractivity contribution >= 4 is 35.3 Å². The minimum atomic E-state index is -1.64. The summed E-state index contributed by atoms with van der Waals surface area (Å²) in [6, 6.07) is 0. The highest BCUT2D eigenvalue weighted by atomic mass is 35.5. The fourth-order valence-corrected chi connectivity index (χ4v) is 8.41. The van der Waals surface area contributed by atoms with Crippen LogP contribution < -0.4 is 0 Å². The molecule has 8 nitrogen and oxygen atoms in total. The number of Topliss-reactive ketones (excluding diaryl/α,β-unsaturated/α-hetero) is 1. The van der Waals surface area contributed by atoms with Crippen molar-refractivity contribution in [3.8, 4) is 0 Å². The van der Waals surface area contributed by atoms with E-state index >= 15 is 0 Å². The molecular formula is C30H41ClO8. The van der Waals surface area contributed by atoms with E-state index in [1.807, 2.05) is 33.8 Å². The number of alkyl halides is 1. The maximum absolute atomic E-state index is 13.9. The van der Waals surface area contributed by atoms with Gasteiger partial charge in [-0.3, -0.25) is 14.4 Å². The quantitative estimate of drug-likeness (QED) is 0.230. The molecule has 39 heavy (non-hydrogen) atoms. The molecule has 7 atom stereocenters. The lowest BCUT2D eigenvalue weighted by Gasteiger charge is -2.63. The number of hydrogen-bond donors (Lipinski definition) is 1. The van der Waals surface area contributed by atoms with Gasteiger partial charge in [-0.2, -0.15) is 0 Å². The van der Waals surface area contributed by atoms with Crippen LogP contribution in [0, 0.1) is 22.7 Å². The Balaban J connectivity index is 1.70. The van der Waals surface area contributed by atoms with E-state index < -0.39 is 51.9 Å². The Morgan fingerprint density at radius 1 is 1.10 bits per heavy atom. The van der Waals surface area contributed by atoms with Crippen LogP contribution in [0.15, 0.2) is 23.8 Å². The molecule has 4 aliphatic rings. The van der Waals surface area contributed by atoms with Crippen LogP contribution in [0.3, 0.4) is 0 Å². The lowest BCUT2D eigenvalue weighted by Crippen LogP contribution is -2.69. The summed E-state index contributed by atoms with van der Waals surface area (Å²) in [7, 11) is 0. The Morgan fingerprint density at radius 3 is 2.54 bits per heavy atom. The molecular weight excluding hydrogens is 524 g/mol. The minimum absolute atomic E-state index is 0.0885. The van der Waals surface area contributed by atoms with Crippen molar-refractivity contribution in [2.45, 2.75) is 102 Å². The first kappa shape index (κ1) is 29.8. The van der Waals surface area contributed by atoms with Crippen LogP contribution in [0.1, 0.15) is 85.5 Å². The van der Waals surface area contributed by atoms with Gasteiger partial charge in [0.05, 0.1) is 17.6 Å². The Kier molecular flexibility index (Phi) is 8.40. The van der Waals surface area contributed by atoms with Gasteiger partial charge in [0.15, 0.2) is 18.0 Å². The van der Waals surface area contributed by atoms with Crippen LogP contribution in [0.4, 0.5) is 4.79 Å². The monoisotopic (exact) mass is 564 g/mol. The zero-order chi connectivity index (χ0) is 28.6. The Hall–Kier alpha value is -2.19. The topological polar surface area (TPSA) is 116 Å². The van der Waals surface area contributed by atoms with Gasteiger partial charge in [-0.05, 0) is 68.9 Å². The number of rotatable bonds is 9. The fourth-order valence-electron chi connectivity index (χ4n) is 7.89. The molecule has 0 aliphatic heterocycles. The second kappa shape index (κ2) is 11.0. The SMILES string of the molecule is CCCCOC(=O)O[C@]1(C(=O)COC(=O)CCC)CC[C@H]2[C@@H]3CCC4=CC(=O)C=C[C@]4(C)[C@@]3(Cl)C(O)C[C@@]21C. The van der Waals surface area contributed by atoms with Crippen molar-refractivity contribution in [2.75, 3.05) is 13.2 Å². The Bertz CT molecular complexity index is 1080. The van der Waals surface area contributed by atoms with E-state index in [1.165, 1.54) is 6.08 Å². The van der Waals surface area contributed by atoms with Crippen molar-refractivity contribution in [2.24, 2.45) is 22.7 Å². The van der Waals surface area contributed by atoms with E-state index in [-0.39, 0.29) is 43.5 Å². The van der Waals surface area contributed by atoms with Crippen molar-refractivity contribution in [3.05, 3.63) is 23.8 Å². The molecule has 9 heteroatoms.